The van der Waals surface area contributed by atoms with E-state index in [1.54, 1.807) is 12.1 Å². The minimum absolute atomic E-state index is 0.0927. The van der Waals surface area contributed by atoms with Crippen LogP contribution in [0.5, 0.6) is 0 Å². The second kappa shape index (κ2) is 5.55. The van der Waals surface area contributed by atoms with Crippen LogP contribution in [0.2, 0.25) is 20.1 Å². The molecule has 0 bridgehead atoms. The molecule has 19 heavy (non-hydrogen) atoms. The van der Waals surface area contributed by atoms with E-state index < -0.39 is 4.92 Å². The topological polar surface area (TPSA) is 43.1 Å². The molecule has 0 aliphatic carbocycles. The van der Waals surface area contributed by atoms with E-state index in [2.05, 4.69) is 0 Å². The van der Waals surface area contributed by atoms with Crippen LogP contribution in [0.1, 0.15) is 0 Å². The molecular formula is C12H5Cl4NO2. The van der Waals surface area contributed by atoms with Gasteiger partial charge in [0.05, 0.1) is 25.0 Å². The Bertz CT molecular complexity index is 673. The molecule has 0 aliphatic heterocycles. The highest BCUT2D eigenvalue weighted by Crippen LogP contribution is 2.41. The molecule has 0 radical (unpaired) electrons. The number of rotatable bonds is 2. The lowest BCUT2D eigenvalue weighted by Crippen LogP contribution is -1.89. The van der Waals surface area contributed by atoms with Crippen molar-refractivity contribution in [3.8, 4) is 11.1 Å². The van der Waals surface area contributed by atoms with Crippen molar-refractivity contribution in [2.24, 2.45) is 0 Å². The van der Waals surface area contributed by atoms with Gasteiger partial charge in [-0.1, -0.05) is 52.5 Å². The summed E-state index contributed by atoms with van der Waals surface area (Å²) in [6.07, 6.45) is 0. The first-order chi connectivity index (χ1) is 8.91. The van der Waals surface area contributed by atoms with Crippen LogP contribution in [0, 0.1) is 10.1 Å². The third-order valence-electron chi connectivity index (χ3n) is 2.49. The van der Waals surface area contributed by atoms with Crippen LogP contribution in [0.3, 0.4) is 0 Å². The Balaban J connectivity index is 2.60. The number of nitro groups is 1. The second-order valence-corrected chi connectivity index (χ2v) is 5.21. The molecule has 2 aromatic rings. The summed E-state index contributed by atoms with van der Waals surface area (Å²) in [7, 11) is 0. The molecular weight excluding hydrogens is 332 g/mol. The fourth-order valence-corrected chi connectivity index (χ4v) is 2.48. The largest absolute Gasteiger partial charge is 0.270 e. The number of hydrogen-bond donors (Lipinski definition) is 0. The summed E-state index contributed by atoms with van der Waals surface area (Å²) in [5.41, 5.74) is 1.02. The minimum Gasteiger partial charge on any atom is -0.258 e. The van der Waals surface area contributed by atoms with E-state index >= 15 is 0 Å². The first kappa shape index (κ1) is 14.4. The van der Waals surface area contributed by atoms with E-state index in [-0.39, 0.29) is 20.8 Å². The van der Waals surface area contributed by atoms with Crippen molar-refractivity contribution >= 4 is 52.1 Å². The second-order valence-electron chi connectivity index (χ2n) is 3.64. The molecule has 98 valence electrons. The molecule has 3 nitrogen and oxygen atoms in total. The standard InChI is InChI=1S/C12H5Cl4NO2/c13-9-4-3-8(11(15)12(9)16)7-2-1-6(17(18)19)5-10(7)14/h1-5H. The van der Waals surface area contributed by atoms with Crippen molar-refractivity contribution < 1.29 is 4.92 Å². The normalized spacial score (nSPS) is 10.5. The maximum Gasteiger partial charge on any atom is 0.270 e. The van der Waals surface area contributed by atoms with Gasteiger partial charge in [-0.3, -0.25) is 10.1 Å². The summed E-state index contributed by atoms with van der Waals surface area (Å²) in [5, 5.41) is 11.7. The van der Waals surface area contributed by atoms with Gasteiger partial charge in [-0.25, -0.2) is 0 Å². The molecule has 0 amide bonds. The Morgan fingerprint density at radius 3 is 2.05 bits per heavy atom. The molecule has 7 heteroatoms. The molecule has 0 saturated heterocycles. The van der Waals surface area contributed by atoms with Gasteiger partial charge in [0.15, 0.2) is 0 Å². The van der Waals surface area contributed by atoms with Gasteiger partial charge in [0.2, 0.25) is 0 Å². The van der Waals surface area contributed by atoms with E-state index in [4.69, 9.17) is 46.4 Å². The van der Waals surface area contributed by atoms with Gasteiger partial charge in [-0.2, -0.15) is 0 Å². The quantitative estimate of drug-likeness (QED) is 0.390. The molecule has 0 saturated carbocycles. The number of hydrogen-bond acceptors (Lipinski definition) is 2. The fourth-order valence-electron chi connectivity index (χ4n) is 1.57. The number of non-ortho nitro benzene ring substituents is 1. The van der Waals surface area contributed by atoms with Crippen molar-refractivity contribution in [3.05, 3.63) is 60.5 Å². The molecule has 0 unspecified atom stereocenters. The number of benzene rings is 2. The van der Waals surface area contributed by atoms with Crippen LogP contribution in [-0.4, -0.2) is 4.92 Å². The third kappa shape index (κ3) is 2.79. The van der Waals surface area contributed by atoms with Gasteiger partial charge in [-0.15, -0.1) is 0 Å². The molecule has 0 aromatic heterocycles. The lowest BCUT2D eigenvalue weighted by Gasteiger charge is -2.09. The Morgan fingerprint density at radius 2 is 1.47 bits per heavy atom. The Kier molecular flexibility index (Phi) is 4.21. The molecule has 0 aliphatic rings. The van der Waals surface area contributed by atoms with E-state index in [0.29, 0.717) is 16.1 Å². The highest BCUT2D eigenvalue weighted by Gasteiger charge is 2.15. The Labute approximate surface area is 128 Å². The molecule has 0 spiro atoms. The Hall–Kier alpha value is -1.000. The first-order valence-electron chi connectivity index (χ1n) is 4.99. The lowest BCUT2D eigenvalue weighted by molar-refractivity contribution is -0.384. The zero-order valence-corrected chi connectivity index (χ0v) is 12.2. The molecule has 0 N–H and O–H groups in total. The maximum atomic E-state index is 10.6. The molecule has 0 heterocycles. The van der Waals surface area contributed by atoms with Gasteiger partial charge in [-0.05, 0) is 12.1 Å². The van der Waals surface area contributed by atoms with Gasteiger partial charge in [0.25, 0.3) is 5.69 Å². The van der Waals surface area contributed by atoms with Crippen molar-refractivity contribution in [1.29, 1.82) is 0 Å². The highest BCUT2D eigenvalue weighted by molar-refractivity contribution is 6.49. The van der Waals surface area contributed by atoms with E-state index in [1.807, 2.05) is 0 Å². The van der Waals surface area contributed by atoms with Crippen LogP contribution < -0.4 is 0 Å². The van der Waals surface area contributed by atoms with Crippen molar-refractivity contribution in [3.63, 3.8) is 0 Å². The minimum atomic E-state index is -0.522. The van der Waals surface area contributed by atoms with Crippen LogP contribution in [0.4, 0.5) is 5.69 Å². The summed E-state index contributed by atoms with van der Waals surface area (Å²) >= 11 is 23.9. The fraction of sp³-hybridized carbons (Fsp3) is 0. The zero-order valence-electron chi connectivity index (χ0n) is 9.16. The highest BCUT2D eigenvalue weighted by atomic mass is 35.5. The predicted molar refractivity (Wildman–Crippen MR) is 78.6 cm³/mol. The van der Waals surface area contributed by atoms with E-state index in [9.17, 15) is 10.1 Å². The summed E-state index contributed by atoms with van der Waals surface area (Å²) in [6.45, 7) is 0. The SMILES string of the molecule is O=[N+]([O-])c1ccc(-c2ccc(Cl)c(Cl)c2Cl)c(Cl)c1. The molecule has 0 fully saturated rings. The van der Waals surface area contributed by atoms with Crippen LogP contribution in [0.25, 0.3) is 11.1 Å². The third-order valence-corrected chi connectivity index (χ3v) is 4.10. The number of halogens is 4. The smallest absolute Gasteiger partial charge is 0.258 e. The average Bonchev–Trinajstić information content (AvgIpc) is 2.37. The van der Waals surface area contributed by atoms with Crippen LogP contribution in [0.15, 0.2) is 30.3 Å². The van der Waals surface area contributed by atoms with E-state index in [0.717, 1.165) is 0 Å². The molecule has 2 rings (SSSR count). The molecule has 2 aromatic carbocycles. The van der Waals surface area contributed by atoms with Crippen molar-refractivity contribution in [1.82, 2.24) is 0 Å². The maximum absolute atomic E-state index is 10.6. The monoisotopic (exact) mass is 335 g/mol. The average molecular weight is 337 g/mol. The zero-order chi connectivity index (χ0) is 14.2. The molecule has 0 atom stereocenters. The summed E-state index contributed by atoms with van der Waals surface area (Å²) < 4.78 is 0. The van der Waals surface area contributed by atoms with Crippen LogP contribution in [-0.2, 0) is 0 Å². The summed E-state index contributed by atoms with van der Waals surface area (Å²) in [5.74, 6) is 0. The van der Waals surface area contributed by atoms with Crippen LogP contribution >= 0.6 is 46.4 Å². The van der Waals surface area contributed by atoms with Gasteiger partial charge in [0.1, 0.15) is 0 Å². The lowest BCUT2D eigenvalue weighted by atomic mass is 10.1. The van der Waals surface area contributed by atoms with E-state index in [1.165, 1.54) is 18.2 Å². The summed E-state index contributed by atoms with van der Waals surface area (Å²) in [6, 6.07) is 7.37. The predicted octanol–water partition coefficient (Wildman–Crippen LogP) is 5.88. The van der Waals surface area contributed by atoms with Gasteiger partial charge < -0.3 is 0 Å². The van der Waals surface area contributed by atoms with Crippen molar-refractivity contribution in [2.45, 2.75) is 0 Å². The first-order valence-corrected chi connectivity index (χ1v) is 6.51. The van der Waals surface area contributed by atoms with Gasteiger partial charge >= 0.3 is 0 Å². The van der Waals surface area contributed by atoms with Gasteiger partial charge in [0, 0.05) is 23.3 Å². The number of nitrogens with zero attached hydrogens (tertiary/aromatic N) is 1. The van der Waals surface area contributed by atoms with Crippen molar-refractivity contribution in [2.75, 3.05) is 0 Å². The Morgan fingerprint density at radius 1 is 0.842 bits per heavy atom. The summed E-state index contributed by atoms with van der Waals surface area (Å²) in [4.78, 5) is 10.1. The number of nitro benzene ring substituents is 1.